The van der Waals surface area contributed by atoms with E-state index in [1.807, 2.05) is 24.0 Å². The van der Waals surface area contributed by atoms with E-state index in [1.165, 1.54) is 0 Å². The van der Waals surface area contributed by atoms with E-state index in [2.05, 4.69) is 5.32 Å². The van der Waals surface area contributed by atoms with Gasteiger partial charge in [-0.2, -0.15) is 0 Å². The Kier molecular flexibility index (Phi) is 3.03. The number of hydrogen-bond acceptors (Lipinski definition) is 3. The van der Waals surface area contributed by atoms with E-state index < -0.39 is 0 Å². The number of benzene rings is 1. The monoisotopic (exact) mass is 239 g/mol. The van der Waals surface area contributed by atoms with Gasteiger partial charge in [0.1, 0.15) is 0 Å². The topological polar surface area (TPSA) is 58.4 Å². The van der Waals surface area contributed by atoms with Crippen LogP contribution >= 0.6 is 11.6 Å². The fourth-order valence-corrected chi connectivity index (χ4v) is 2.02. The van der Waals surface area contributed by atoms with Crippen LogP contribution in [0.15, 0.2) is 18.2 Å². The second-order valence-electron chi connectivity index (χ2n) is 4.07. The molecule has 1 aromatic carbocycles. The van der Waals surface area contributed by atoms with Crippen LogP contribution in [0.4, 0.5) is 11.4 Å². The number of carbonyl (C=O) groups excluding carboxylic acids is 1. The molecule has 5 heteroatoms. The van der Waals surface area contributed by atoms with Gasteiger partial charge in [-0.25, -0.2) is 0 Å². The molecule has 16 heavy (non-hydrogen) atoms. The number of halogens is 1. The lowest BCUT2D eigenvalue weighted by Gasteiger charge is -2.32. The Balaban J connectivity index is 2.34. The number of hydrogen-bond donors (Lipinski definition) is 2. The first-order chi connectivity index (χ1) is 7.56. The molecule has 1 amide bonds. The predicted octanol–water partition coefficient (Wildman–Crippen LogP) is 1.45. The average molecular weight is 240 g/mol. The van der Waals surface area contributed by atoms with Crippen molar-refractivity contribution in [3.8, 4) is 0 Å². The van der Waals surface area contributed by atoms with E-state index in [0.29, 0.717) is 18.1 Å². The Labute approximate surface area is 99.4 Å². The summed E-state index contributed by atoms with van der Waals surface area (Å²) in [5, 5.41) is 3.41. The predicted molar refractivity (Wildman–Crippen MR) is 65.9 cm³/mol. The van der Waals surface area contributed by atoms with Gasteiger partial charge < -0.3 is 16.0 Å². The minimum atomic E-state index is -0.0320. The molecule has 1 unspecified atom stereocenters. The minimum absolute atomic E-state index is 0.0226. The molecule has 0 aromatic heterocycles. The van der Waals surface area contributed by atoms with Crippen molar-refractivity contribution in [1.82, 2.24) is 0 Å². The second-order valence-corrected chi connectivity index (χ2v) is 4.50. The summed E-state index contributed by atoms with van der Waals surface area (Å²) in [5.74, 6) is -0.0320. The summed E-state index contributed by atoms with van der Waals surface area (Å²) in [6.45, 7) is 2.92. The third kappa shape index (κ3) is 2.28. The van der Waals surface area contributed by atoms with Gasteiger partial charge in [0.2, 0.25) is 5.91 Å². The van der Waals surface area contributed by atoms with Crippen LogP contribution in [0.2, 0.25) is 5.02 Å². The molecule has 1 atom stereocenters. The second kappa shape index (κ2) is 4.31. The molecule has 4 nitrogen and oxygen atoms in total. The fraction of sp³-hybridized carbons (Fsp3) is 0.364. The maximum atomic E-state index is 11.5. The third-order valence-corrected chi connectivity index (χ3v) is 2.65. The number of fused-ring (bicyclic) bond motifs is 1. The van der Waals surface area contributed by atoms with Gasteiger partial charge in [0, 0.05) is 17.6 Å². The van der Waals surface area contributed by atoms with E-state index in [-0.39, 0.29) is 11.9 Å². The van der Waals surface area contributed by atoms with Crippen LogP contribution < -0.4 is 16.0 Å². The maximum absolute atomic E-state index is 11.5. The van der Waals surface area contributed by atoms with Crippen LogP contribution in [0, 0.1) is 0 Å². The van der Waals surface area contributed by atoms with Crippen molar-refractivity contribution in [2.45, 2.75) is 13.0 Å². The quantitative estimate of drug-likeness (QED) is 0.821. The molecule has 2 rings (SSSR count). The van der Waals surface area contributed by atoms with E-state index in [1.54, 1.807) is 6.07 Å². The number of carbonyl (C=O) groups is 1. The lowest BCUT2D eigenvalue weighted by molar-refractivity contribution is -0.115. The fourth-order valence-electron chi connectivity index (χ4n) is 1.84. The molecule has 0 fully saturated rings. The molecule has 0 saturated heterocycles. The third-order valence-electron chi connectivity index (χ3n) is 2.42. The smallest absolute Gasteiger partial charge is 0.243 e. The molecule has 3 N–H and O–H groups in total. The summed E-state index contributed by atoms with van der Waals surface area (Å²) in [6, 6.07) is 5.49. The highest BCUT2D eigenvalue weighted by Crippen LogP contribution is 2.31. The summed E-state index contributed by atoms with van der Waals surface area (Å²) in [5.41, 5.74) is 7.48. The molecule has 0 aliphatic carbocycles. The van der Waals surface area contributed by atoms with E-state index in [0.717, 1.165) is 11.4 Å². The maximum Gasteiger partial charge on any atom is 0.243 e. The van der Waals surface area contributed by atoms with Gasteiger partial charge in [0.25, 0.3) is 0 Å². The number of rotatable bonds is 2. The molecule has 0 radical (unpaired) electrons. The summed E-state index contributed by atoms with van der Waals surface area (Å²) in [4.78, 5) is 13.5. The normalized spacial score (nSPS) is 16.7. The highest BCUT2D eigenvalue weighted by Gasteiger charge is 2.22. The van der Waals surface area contributed by atoms with Crippen molar-refractivity contribution in [3.63, 3.8) is 0 Å². The summed E-state index contributed by atoms with van der Waals surface area (Å²) in [6.07, 6.45) is 0. The molecule has 0 spiro atoms. The number of amides is 1. The molecule has 1 aliphatic rings. The van der Waals surface area contributed by atoms with Crippen LogP contribution in [0.5, 0.6) is 0 Å². The summed E-state index contributed by atoms with van der Waals surface area (Å²) < 4.78 is 0. The first-order valence-corrected chi connectivity index (χ1v) is 5.54. The van der Waals surface area contributed by atoms with Gasteiger partial charge in [0.05, 0.1) is 17.9 Å². The van der Waals surface area contributed by atoms with Gasteiger partial charge in [0.15, 0.2) is 0 Å². The standard InChI is InChI=1S/C11H14ClN3O/c1-7(13)5-15-6-11(16)14-9-4-8(12)2-3-10(9)15/h2-4,7H,5-6,13H2,1H3,(H,14,16). The van der Waals surface area contributed by atoms with Crippen LogP contribution in [0.3, 0.4) is 0 Å². The molecule has 0 bridgehead atoms. The van der Waals surface area contributed by atoms with Crippen molar-refractivity contribution in [2.75, 3.05) is 23.3 Å². The Bertz CT molecular complexity index is 420. The van der Waals surface area contributed by atoms with Crippen LogP contribution in [-0.2, 0) is 4.79 Å². The van der Waals surface area contributed by atoms with E-state index in [9.17, 15) is 4.79 Å². The number of nitrogens with two attached hydrogens (primary N) is 1. The first kappa shape index (κ1) is 11.2. The molecule has 1 aliphatic heterocycles. The zero-order chi connectivity index (χ0) is 11.7. The van der Waals surface area contributed by atoms with Crippen molar-refractivity contribution in [3.05, 3.63) is 23.2 Å². The lowest BCUT2D eigenvalue weighted by atomic mass is 10.1. The SMILES string of the molecule is CC(N)CN1CC(=O)Nc2cc(Cl)ccc21. The van der Waals surface area contributed by atoms with E-state index in [4.69, 9.17) is 17.3 Å². The zero-order valence-corrected chi connectivity index (χ0v) is 9.79. The van der Waals surface area contributed by atoms with Gasteiger partial charge in [-0.1, -0.05) is 11.6 Å². The minimum Gasteiger partial charge on any atom is -0.359 e. The average Bonchev–Trinajstić information content (AvgIpc) is 2.15. The number of nitrogens with zero attached hydrogens (tertiary/aromatic N) is 1. The molecule has 1 aromatic rings. The highest BCUT2D eigenvalue weighted by atomic mass is 35.5. The zero-order valence-electron chi connectivity index (χ0n) is 9.03. The Morgan fingerprint density at radius 3 is 3.06 bits per heavy atom. The van der Waals surface area contributed by atoms with Gasteiger partial charge in [-0.05, 0) is 25.1 Å². The molecule has 0 saturated carbocycles. The van der Waals surface area contributed by atoms with Crippen LogP contribution in [0.1, 0.15) is 6.92 Å². The lowest BCUT2D eigenvalue weighted by Crippen LogP contribution is -2.43. The molecular formula is C11H14ClN3O. The van der Waals surface area contributed by atoms with Gasteiger partial charge >= 0.3 is 0 Å². The van der Waals surface area contributed by atoms with Crippen molar-refractivity contribution < 1.29 is 4.79 Å². The number of nitrogens with one attached hydrogen (secondary N) is 1. The Morgan fingerprint density at radius 1 is 1.62 bits per heavy atom. The van der Waals surface area contributed by atoms with Crippen molar-refractivity contribution in [2.24, 2.45) is 5.73 Å². The van der Waals surface area contributed by atoms with E-state index >= 15 is 0 Å². The molecule has 1 heterocycles. The highest BCUT2D eigenvalue weighted by molar-refractivity contribution is 6.31. The number of anilines is 2. The van der Waals surface area contributed by atoms with Gasteiger partial charge in [-0.15, -0.1) is 0 Å². The van der Waals surface area contributed by atoms with Gasteiger partial charge in [-0.3, -0.25) is 4.79 Å². The summed E-state index contributed by atoms with van der Waals surface area (Å²) in [7, 11) is 0. The first-order valence-electron chi connectivity index (χ1n) is 5.16. The Morgan fingerprint density at radius 2 is 2.38 bits per heavy atom. The van der Waals surface area contributed by atoms with Crippen LogP contribution in [-0.4, -0.2) is 25.0 Å². The van der Waals surface area contributed by atoms with Crippen LogP contribution in [0.25, 0.3) is 0 Å². The molecule has 86 valence electrons. The largest absolute Gasteiger partial charge is 0.359 e. The van der Waals surface area contributed by atoms with Crippen molar-refractivity contribution >= 4 is 28.9 Å². The molecular weight excluding hydrogens is 226 g/mol. The Hall–Kier alpha value is -1.26. The summed E-state index contributed by atoms with van der Waals surface area (Å²) >= 11 is 5.88. The van der Waals surface area contributed by atoms with Crippen molar-refractivity contribution in [1.29, 1.82) is 0 Å².